The Hall–Kier alpha value is -0.910. The first-order valence-corrected chi connectivity index (χ1v) is 7.23. The van der Waals surface area contributed by atoms with Crippen LogP contribution in [0.3, 0.4) is 0 Å². The zero-order chi connectivity index (χ0) is 14.3. The van der Waals surface area contributed by atoms with Crippen molar-refractivity contribution in [3.05, 3.63) is 12.2 Å². The molecule has 5 N–H and O–H groups in total. The summed E-state index contributed by atoms with van der Waals surface area (Å²) in [5, 5.41) is 9.54. The van der Waals surface area contributed by atoms with E-state index in [1.54, 1.807) is 6.92 Å². The highest BCUT2D eigenvalue weighted by atomic mass is 16.1. The van der Waals surface area contributed by atoms with Gasteiger partial charge in [-0.1, -0.05) is 6.58 Å². The number of hydrogen-bond donors (Lipinski definition) is 4. The highest BCUT2D eigenvalue weighted by molar-refractivity contribution is 5.91. The lowest BCUT2D eigenvalue weighted by molar-refractivity contribution is -0.117. The van der Waals surface area contributed by atoms with Crippen molar-refractivity contribution in [3.63, 3.8) is 0 Å². The fourth-order valence-corrected chi connectivity index (χ4v) is 1.54. The Morgan fingerprint density at radius 2 is 1.47 bits per heavy atom. The van der Waals surface area contributed by atoms with Crippen molar-refractivity contribution in [2.45, 2.75) is 32.6 Å². The van der Waals surface area contributed by atoms with Crippen molar-refractivity contribution in [2.24, 2.45) is 5.73 Å². The minimum Gasteiger partial charge on any atom is -0.352 e. The Morgan fingerprint density at radius 1 is 0.947 bits per heavy atom. The SMILES string of the molecule is C=C(C)C(=O)NCCCNCCCCNCCCN. The Kier molecular flexibility index (Phi) is 12.9. The van der Waals surface area contributed by atoms with Gasteiger partial charge in [0.25, 0.3) is 0 Å². The molecule has 0 aromatic rings. The summed E-state index contributed by atoms with van der Waals surface area (Å²) >= 11 is 0. The summed E-state index contributed by atoms with van der Waals surface area (Å²) in [5.41, 5.74) is 5.97. The van der Waals surface area contributed by atoms with Crippen LogP contribution in [-0.4, -0.2) is 45.2 Å². The van der Waals surface area contributed by atoms with E-state index in [4.69, 9.17) is 5.73 Å². The number of nitrogens with two attached hydrogens (primary N) is 1. The normalized spacial score (nSPS) is 10.4. The Bertz CT molecular complexity index is 244. The van der Waals surface area contributed by atoms with Gasteiger partial charge in [0.1, 0.15) is 0 Å². The molecule has 0 spiro atoms. The van der Waals surface area contributed by atoms with Crippen LogP contribution < -0.4 is 21.7 Å². The molecule has 0 fully saturated rings. The van der Waals surface area contributed by atoms with E-state index in [0.717, 1.165) is 45.6 Å². The van der Waals surface area contributed by atoms with Crippen molar-refractivity contribution in [3.8, 4) is 0 Å². The van der Waals surface area contributed by atoms with Crippen LogP contribution in [0.1, 0.15) is 32.6 Å². The molecule has 0 saturated carbocycles. The summed E-state index contributed by atoms with van der Waals surface area (Å²) in [6, 6.07) is 0. The molecule has 112 valence electrons. The van der Waals surface area contributed by atoms with Gasteiger partial charge in [0, 0.05) is 12.1 Å². The van der Waals surface area contributed by atoms with Crippen molar-refractivity contribution >= 4 is 5.91 Å². The molecule has 0 aromatic carbocycles. The van der Waals surface area contributed by atoms with Gasteiger partial charge in [-0.2, -0.15) is 0 Å². The first-order chi connectivity index (χ1) is 9.18. The summed E-state index contributed by atoms with van der Waals surface area (Å²) in [5.74, 6) is -0.0523. The molecule has 0 aliphatic rings. The number of carbonyl (C=O) groups is 1. The predicted octanol–water partition coefficient (Wildman–Crippen LogP) is 0.377. The second-order valence-corrected chi connectivity index (χ2v) is 4.74. The Labute approximate surface area is 117 Å². The van der Waals surface area contributed by atoms with Crippen LogP contribution in [0.4, 0.5) is 0 Å². The lowest BCUT2D eigenvalue weighted by Gasteiger charge is -2.07. The van der Waals surface area contributed by atoms with E-state index in [2.05, 4.69) is 22.5 Å². The summed E-state index contributed by atoms with van der Waals surface area (Å²) in [7, 11) is 0. The van der Waals surface area contributed by atoms with Gasteiger partial charge in [0.2, 0.25) is 5.91 Å². The topological polar surface area (TPSA) is 79.2 Å². The molecule has 0 aliphatic heterocycles. The zero-order valence-corrected chi connectivity index (χ0v) is 12.3. The van der Waals surface area contributed by atoms with Crippen LogP contribution in [-0.2, 0) is 4.79 Å². The molecule has 5 heteroatoms. The summed E-state index contributed by atoms with van der Waals surface area (Å²) in [6.07, 6.45) is 4.36. The lowest BCUT2D eigenvalue weighted by Crippen LogP contribution is -2.28. The Balaban J connectivity index is 3.07. The van der Waals surface area contributed by atoms with E-state index >= 15 is 0 Å². The van der Waals surface area contributed by atoms with Crippen LogP contribution >= 0.6 is 0 Å². The Morgan fingerprint density at radius 3 is 2.00 bits per heavy atom. The van der Waals surface area contributed by atoms with E-state index in [1.807, 2.05) is 0 Å². The van der Waals surface area contributed by atoms with E-state index in [9.17, 15) is 4.79 Å². The third-order valence-electron chi connectivity index (χ3n) is 2.72. The van der Waals surface area contributed by atoms with Gasteiger partial charge in [-0.3, -0.25) is 4.79 Å². The molecular formula is C14H30N4O. The maximum Gasteiger partial charge on any atom is 0.246 e. The van der Waals surface area contributed by atoms with Gasteiger partial charge >= 0.3 is 0 Å². The number of nitrogens with one attached hydrogen (secondary N) is 3. The summed E-state index contributed by atoms with van der Waals surface area (Å²) in [6.45, 7) is 10.8. The van der Waals surface area contributed by atoms with E-state index in [-0.39, 0.29) is 5.91 Å². The van der Waals surface area contributed by atoms with E-state index in [1.165, 1.54) is 12.8 Å². The standard InChI is InChI=1S/C14H30N4O/c1-13(2)14(19)18-12-6-11-17-9-4-3-8-16-10-5-7-15/h16-17H,1,3-12,15H2,2H3,(H,18,19). The number of carbonyl (C=O) groups excluding carboxylic acids is 1. The molecule has 0 rings (SSSR count). The van der Waals surface area contributed by atoms with Gasteiger partial charge in [-0.15, -0.1) is 0 Å². The maximum atomic E-state index is 11.2. The van der Waals surface area contributed by atoms with Crippen molar-refractivity contribution in [1.82, 2.24) is 16.0 Å². The summed E-state index contributed by atoms with van der Waals surface area (Å²) in [4.78, 5) is 11.2. The minimum atomic E-state index is -0.0523. The largest absolute Gasteiger partial charge is 0.352 e. The van der Waals surface area contributed by atoms with Crippen molar-refractivity contribution in [2.75, 3.05) is 39.3 Å². The fraction of sp³-hybridized carbons (Fsp3) is 0.786. The molecule has 0 atom stereocenters. The molecule has 0 aliphatic carbocycles. The second kappa shape index (κ2) is 13.5. The molecule has 0 radical (unpaired) electrons. The quantitative estimate of drug-likeness (QED) is 0.288. The van der Waals surface area contributed by atoms with E-state index in [0.29, 0.717) is 12.1 Å². The lowest BCUT2D eigenvalue weighted by atomic mass is 10.3. The number of hydrogen-bond acceptors (Lipinski definition) is 4. The monoisotopic (exact) mass is 270 g/mol. The van der Waals surface area contributed by atoms with Crippen molar-refractivity contribution < 1.29 is 4.79 Å². The highest BCUT2D eigenvalue weighted by Gasteiger charge is 1.98. The second-order valence-electron chi connectivity index (χ2n) is 4.74. The van der Waals surface area contributed by atoms with Gasteiger partial charge in [0.05, 0.1) is 0 Å². The maximum absolute atomic E-state index is 11.2. The third-order valence-corrected chi connectivity index (χ3v) is 2.72. The van der Waals surface area contributed by atoms with Gasteiger partial charge in [0.15, 0.2) is 0 Å². The molecule has 0 heterocycles. The number of unbranched alkanes of at least 4 members (excludes halogenated alkanes) is 1. The summed E-state index contributed by atoms with van der Waals surface area (Å²) < 4.78 is 0. The van der Waals surface area contributed by atoms with Gasteiger partial charge in [-0.05, 0) is 65.3 Å². The van der Waals surface area contributed by atoms with Gasteiger partial charge < -0.3 is 21.7 Å². The molecule has 0 bridgehead atoms. The average Bonchev–Trinajstić information content (AvgIpc) is 2.39. The molecule has 5 nitrogen and oxygen atoms in total. The first-order valence-electron chi connectivity index (χ1n) is 7.23. The predicted molar refractivity (Wildman–Crippen MR) is 81.1 cm³/mol. The van der Waals surface area contributed by atoms with Crippen LogP contribution in [0.25, 0.3) is 0 Å². The van der Waals surface area contributed by atoms with Gasteiger partial charge in [-0.25, -0.2) is 0 Å². The number of rotatable bonds is 13. The molecule has 19 heavy (non-hydrogen) atoms. The van der Waals surface area contributed by atoms with Crippen molar-refractivity contribution in [1.29, 1.82) is 0 Å². The minimum absolute atomic E-state index is 0.0523. The fourth-order valence-electron chi connectivity index (χ4n) is 1.54. The number of amides is 1. The third kappa shape index (κ3) is 13.3. The van der Waals surface area contributed by atoms with Crippen LogP contribution in [0.5, 0.6) is 0 Å². The smallest absolute Gasteiger partial charge is 0.246 e. The van der Waals surface area contributed by atoms with Crippen LogP contribution in [0, 0.1) is 0 Å². The zero-order valence-electron chi connectivity index (χ0n) is 12.3. The van der Waals surface area contributed by atoms with E-state index < -0.39 is 0 Å². The average molecular weight is 270 g/mol. The molecule has 0 aromatic heterocycles. The molecular weight excluding hydrogens is 240 g/mol. The first kappa shape index (κ1) is 18.1. The highest BCUT2D eigenvalue weighted by Crippen LogP contribution is 1.87. The van der Waals surface area contributed by atoms with Crippen LogP contribution in [0.2, 0.25) is 0 Å². The van der Waals surface area contributed by atoms with Crippen LogP contribution in [0.15, 0.2) is 12.2 Å². The molecule has 0 saturated heterocycles. The molecule has 0 unspecified atom stereocenters. The molecule has 1 amide bonds.